The average Bonchev–Trinajstić information content (AvgIpc) is 2.27. The number of Topliss-reactive ketones (excluding diaryl/α,β-unsaturated/α-hetero) is 1. The molecule has 1 atom stereocenters. The Kier molecular flexibility index (Phi) is 3.46. The normalized spacial score (nSPS) is 12.1. The van der Waals surface area contributed by atoms with Crippen molar-refractivity contribution in [1.82, 2.24) is 0 Å². The van der Waals surface area contributed by atoms with Crippen molar-refractivity contribution in [2.24, 2.45) is 0 Å². The SMILES string of the molecule is CO[C@@H]([18F])C(=O)c1ccc([N+](=O)[O-])cc1. The van der Waals surface area contributed by atoms with E-state index in [1.807, 2.05) is 0 Å². The summed E-state index contributed by atoms with van der Waals surface area (Å²) in [5.41, 5.74) is -0.116. The molecule has 0 bridgehead atoms. The van der Waals surface area contributed by atoms with Crippen LogP contribution in [0.2, 0.25) is 0 Å². The molecule has 0 saturated heterocycles. The van der Waals surface area contributed by atoms with Gasteiger partial charge in [0, 0.05) is 24.8 Å². The van der Waals surface area contributed by atoms with Crippen LogP contribution < -0.4 is 0 Å². The highest BCUT2D eigenvalue weighted by Crippen LogP contribution is 2.14. The van der Waals surface area contributed by atoms with Crippen LogP contribution in [0.1, 0.15) is 10.4 Å². The topological polar surface area (TPSA) is 69.4 Å². The highest BCUT2D eigenvalue weighted by molar-refractivity contribution is 5.98. The lowest BCUT2D eigenvalue weighted by atomic mass is 10.1. The summed E-state index contributed by atoms with van der Waals surface area (Å²) in [5.74, 6) is -0.854. The second kappa shape index (κ2) is 4.61. The van der Waals surface area contributed by atoms with Crippen LogP contribution in [0, 0.1) is 10.1 Å². The van der Waals surface area contributed by atoms with E-state index in [1.165, 1.54) is 12.1 Å². The molecule has 0 radical (unpaired) electrons. The highest BCUT2D eigenvalue weighted by Gasteiger charge is 2.18. The number of carbonyl (C=O) groups is 1. The van der Waals surface area contributed by atoms with E-state index in [4.69, 9.17) is 0 Å². The Morgan fingerprint density at radius 3 is 2.40 bits per heavy atom. The Bertz CT molecular complexity index is 376. The fourth-order valence-corrected chi connectivity index (χ4v) is 0.985. The highest BCUT2D eigenvalue weighted by atomic mass is 18.2. The van der Waals surface area contributed by atoms with E-state index in [1.54, 1.807) is 0 Å². The molecule has 0 aliphatic rings. The van der Waals surface area contributed by atoms with Gasteiger partial charge in [-0.15, -0.1) is 0 Å². The van der Waals surface area contributed by atoms with Crippen LogP contribution in [0.5, 0.6) is 0 Å². The molecule has 0 aliphatic carbocycles. The Balaban J connectivity index is 2.89. The van der Waals surface area contributed by atoms with Crippen LogP contribution >= 0.6 is 0 Å². The van der Waals surface area contributed by atoms with E-state index in [-0.39, 0.29) is 11.3 Å². The quantitative estimate of drug-likeness (QED) is 0.433. The van der Waals surface area contributed by atoms with Crippen molar-refractivity contribution in [2.75, 3.05) is 7.11 Å². The minimum absolute atomic E-state index is 0.0370. The molecular formula is C9H8FNO4. The Morgan fingerprint density at radius 1 is 1.47 bits per heavy atom. The first-order valence-electron chi connectivity index (χ1n) is 4.02. The number of hydrogen-bond donors (Lipinski definition) is 0. The number of benzene rings is 1. The maximum atomic E-state index is 12.8. The number of hydrogen-bond acceptors (Lipinski definition) is 4. The van der Waals surface area contributed by atoms with Crippen molar-refractivity contribution in [3.8, 4) is 0 Å². The smallest absolute Gasteiger partial charge is 0.269 e. The van der Waals surface area contributed by atoms with E-state index in [0.717, 1.165) is 19.2 Å². The molecule has 5 nitrogen and oxygen atoms in total. The molecule has 0 unspecified atom stereocenters. The van der Waals surface area contributed by atoms with E-state index in [9.17, 15) is 19.3 Å². The van der Waals surface area contributed by atoms with Crippen molar-refractivity contribution in [3.05, 3.63) is 39.9 Å². The van der Waals surface area contributed by atoms with Crippen LogP contribution in [0.15, 0.2) is 24.3 Å². The van der Waals surface area contributed by atoms with Crippen molar-refractivity contribution in [1.29, 1.82) is 0 Å². The third-order valence-corrected chi connectivity index (χ3v) is 1.78. The molecule has 0 heterocycles. The minimum atomic E-state index is -2.04. The van der Waals surface area contributed by atoms with Gasteiger partial charge in [-0.25, -0.2) is 4.39 Å². The maximum Gasteiger partial charge on any atom is 0.269 e. The maximum absolute atomic E-state index is 12.8. The van der Waals surface area contributed by atoms with Gasteiger partial charge in [-0.05, 0) is 12.1 Å². The summed E-state index contributed by atoms with van der Waals surface area (Å²) in [6.07, 6.45) is -2.04. The summed E-state index contributed by atoms with van der Waals surface area (Å²) in [6, 6.07) is 4.64. The number of halogens is 1. The van der Waals surface area contributed by atoms with Crippen LogP contribution in [-0.4, -0.2) is 24.2 Å². The average molecular weight is 212 g/mol. The van der Waals surface area contributed by atoms with Gasteiger partial charge in [0.2, 0.25) is 5.78 Å². The monoisotopic (exact) mass is 212 g/mol. The van der Waals surface area contributed by atoms with Crippen LogP contribution in [0.3, 0.4) is 0 Å². The lowest BCUT2D eigenvalue weighted by molar-refractivity contribution is -0.384. The summed E-state index contributed by atoms with van der Waals surface area (Å²) < 4.78 is 17.0. The Hall–Kier alpha value is -1.82. The molecular weight excluding hydrogens is 204 g/mol. The van der Waals surface area contributed by atoms with Crippen molar-refractivity contribution >= 4 is 11.5 Å². The molecule has 0 fully saturated rings. The standard InChI is InChI=1S/C9H8FNO4/c1-15-9(10)8(12)6-2-4-7(5-3-6)11(13)14/h2-5,9H,1H3/t9-/m1/s1/i10-1. The summed E-state index contributed by atoms with van der Waals surface area (Å²) >= 11 is 0. The summed E-state index contributed by atoms with van der Waals surface area (Å²) in [7, 11) is 1.06. The lowest BCUT2D eigenvalue weighted by Gasteiger charge is -2.03. The first-order valence-corrected chi connectivity index (χ1v) is 4.02. The number of carbonyl (C=O) groups excluding carboxylic acids is 1. The van der Waals surface area contributed by atoms with Gasteiger partial charge in [0.05, 0.1) is 4.92 Å². The van der Waals surface area contributed by atoms with Gasteiger partial charge in [0.15, 0.2) is 0 Å². The zero-order valence-corrected chi connectivity index (χ0v) is 7.84. The third kappa shape index (κ3) is 2.57. The molecule has 6 heteroatoms. The number of nitro benzene ring substituents is 1. The van der Waals surface area contributed by atoms with Gasteiger partial charge < -0.3 is 4.74 Å². The zero-order chi connectivity index (χ0) is 11.4. The predicted molar refractivity (Wildman–Crippen MR) is 49.3 cm³/mol. The lowest BCUT2D eigenvalue weighted by Crippen LogP contribution is -2.17. The van der Waals surface area contributed by atoms with E-state index in [2.05, 4.69) is 4.74 Å². The number of ether oxygens (including phenoxy) is 1. The van der Waals surface area contributed by atoms with Crippen LogP contribution in [-0.2, 0) is 4.74 Å². The number of nitrogens with zero attached hydrogens (tertiary/aromatic N) is 1. The van der Waals surface area contributed by atoms with Gasteiger partial charge in [-0.2, -0.15) is 0 Å². The van der Waals surface area contributed by atoms with Gasteiger partial charge in [0.25, 0.3) is 12.0 Å². The molecule has 15 heavy (non-hydrogen) atoms. The molecule has 0 amide bonds. The molecule has 0 N–H and O–H groups in total. The van der Waals surface area contributed by atoms with Crippen molar-refractivity contribution in [2.45, 2.75) is 6.36 Å². The van der Waals surface area contributed by atoms with Gasteiger partial charge in [0.1, 0.15) is 0 Å². The van der Waals surface area contributed by atoms with Crippen molar-refractivity contribution in [3.63, 3.8) is 0 Å². The second-order valence-corrected chi connectivity index (χ2v) is 2.72. The zero-order valence-electron chi connectivity index (χ0n) is 7.84. The van der Waals surface area contributed by atoms with E-state index >= 15 is 0 Å². The fraction of sp³-hybridized carbons (Fsp3) is 0.222. The summed E-state index contributed by atoms with van der Waals surface area (Å²) in [6.45, 7) is 0. The third-order valence-electron chi connectivity index (χ3n) is 1.78. The molecule has 0 aromatic heterocycles. The molecule has 1 rings (SSSR count). The number of ketones is 1. The number of nitro groups is 1. The molecule has 0 saturated carbocycles. The van der Waals surface area contributed by atoms with Crippen LogP contribution in [0.25, 0.3) is 0 Å². The van der Waals surface area contributed by atoms with E-state index < -0.39 is 17.1 Å². The minimum Gasteiger partial charge on any atom is -0.345 e. The number of methoxy groups -OCH3 is 1. The molecule has 0 spiro atoms. The second-order valence-electron chi connectivity index (χ2n) is 2.72. The number of alkyl halides is 1. The molecule has 0 aliphatic heterocycles. The fourth-order valence-electron chi connectivity index (χ4n) is 0.985. The number of rotatable bonds is 4. The Labute approximate surface area is 84.6 Å². The van der Waals surface area contributed by atoms with Gasteiger partial charge in [-0.3, -0.25) is 14.9 Å². The summed E-state index contributed by atoms with van der Waals surface area (Å²) in [4.78, 5) is 20.9. The van der Waals surface area contributed by atoms with Crippen molar-refractivity contribution < 1.29 is 18.8 Å². The largest absolute Gasteiger partial charge is 0.345 e. The van der Waals surface area contributed by atoms with Crippen LogP contribution in [0.4, 0.5) is 10.1 Å². The molecule has 80 valence electrons. The van der Waals surface area contributed by atoms with Gasteiger partial charge >= 0.3 is 0 Å². The van der Waals surface area contributed by atoms with E-state index in [0.29, 0.717) is 0 Å². The molecule has 1 aromatic carbocycles. The predicted octanol–water partition coefficient (Wildman–Crippen LogP) is 1.72. The first kappa shape index (κ1) is 11.3. The summed E-state index contributed by atoms with van der Waals surface area (Å²) in [5, 5.41) is 10.3. The molecule has 1 aromatic rings. The number of non-ortho nitro benzene ring substituents is 1. The first-order chi connectivity index (χ1) is 7.06. The van der Waals surface area contributed by atoms with Gasteiger partial charge in [-0.1, -0.05) is 0 Å². The Morgan fingerprint density at radius 2 is 2.00 bits per heavy atom.